The minimum atomic E-state index is -0.933. The highest BCUT2D eigenvalue weighted by Gasteiger charge is 2.70. The van der Waals surface area contributed by atoms with E-state index in [1.165, 1.54) is 18.9 Å². The molecule has 0 amide bonds. The van der Waals surface area contributed by atoms with Gasteiger partial charge in [0, 0.05) is 24.4 Å². The smallest absolute Gasteiger partial charge is 0.433 e. The van der Waals surface area contributed by atoms with Crippen molar-refractivity contribution in [3.8, 4) is 0 Å². The zero-order valence-electron chi connectivity index (χ0n) is 23.5. The van der Waals surface area contributed by atoms with Crippen molar-refractivity contribution in [1.82, 2.24) is 4.90 Å². The van der Waals surface area contributed by atoms with E-state index in [0.717, 1.165) is 63.7 Å². The number of hydrogen-bond acceptors (Lipinski definition) is 8. The van der Waals surface area contributed by atoms with E-state index in [2.05, 4.69) is 18.7 Å². The van der Waals surface area contributed by atoms with E-state index in [4.69, 9.17) is 13.9 Å². The first-order valence-corrected chi connectivity index (χ1v) is 15.2. The Morgan fingerprint density at radius 2 is 1.74 bits per heavy atom. The van der Waals surface area contributed by atoms with Crippen molar-refractivity contribution in [2.24, 2.45) is 22.7 Å². The summed E-state index contributed by atoms with van der Waals surface area (Å²) in [6.45, 7) is 7.63. The Morgan fingerprint density at radius 1 is 1.00 bits per heavy atom. The summed E-state index contributed by atoms with van der Waals surface area (Å²) in [6, 6.07) is 3.34. The molecule has 6 rings (SSSR count). The third-order valence-corrected chi connectivity index (χ3v) is 12.2. The number of carbonyl (C=O) groups excluding carboxylic acids is 1. The average molecular weight is 544 g/mol. The van der Waals surface area contributed by atoms with Crippen LogP contribution in [0.1, 0.15) is 96.0 Å². The summed E-state index contributed by atoms with van der Waals surface area (Å²) in [7, 11) is 0. The van der Waals surface area contributed by atoms with Crippen LogP contribution in [0.2, 0.25) is 0 Å². The fourth-order valence-electron chi connectivity index (χ4n) is 9.82. The van der Waals surface area contributed by atoms with Gasteiger partial charge < -0.3 is 24.1 Å². The van der Waals surface area contributed by atoms with Gasteiger partial charge in [-0.15, -0.1) is 0 Å². The monoisotopic (exact) mass is 543 g/mol. The molecule has 4 aliphatic carbocycles. The first-order valence-electron chi connectivity index (χ1n) is 15.2. The van der Waals surface area contributed by atoms with Crippen molar-refractivity contribution < 1.29 is 28.9 Å². The van der Waals surface area contributed by atoms with Crippen LogP contribution in [0.15, 0.2) is 27.6 Å². The Kier molecular flexibility index (Phi) is 6.91. The first-order chi connectivity index (χ1) is 18.6. The van der Waals surface area contributed by atoms with E-state index >= 15 is 0 Å². The van der Waals surface area contributed by atoms with E-state index in [-0.39, 0.29) is 40.3 Å². The highest BCUT2D eigenvalue weighted by Crippen LogP contribution is 2.71. The van der Waals surface area contributed by atoms with E-state index in [1.54, 1.807) is 6.26 Å². The van der Waals surface area contributed by atoms with Crippen molar-refractivity contribution in [1.29, 1.82) is 0 Å². The predicted octanol–water partition coefficient (Wildman–Crippen LogP) is 4.61. The Labute approximate surface area is 231 Å². The lowest BCUT2D eigenvalue weighted by atomic mass is 9.42. The van der Waals surface area contributed by atoms with Gasteiger partial charge in [-0.05, 0) is 112 Å². The van der Waals surface area contributed by atoms with E-state index in [0.29, 0.717) is 25.9 Å². The second-order valence-electron chi connectivity index (χ2n) is 13.7. The van der Waals surface area contributed by atoms with E-state index < -0.39 is 17.4 Å². The van der Waals surface area contributed by atoms with Gasteiger partial charge in [0.15, 0.2) is 0 Å². The van der Waals surface area contributed by atoms with Crippen molar-refractivity contribution >= 4 is 6.16 Å². The van der Waals surface area contributed by atoms with Crippen molar-refractivity contribution in [2.45, 2.75) is 108 Å². The molecule has 5 aliphatic rings. The summed E-state index contributed by atoms with van der Waals surface area (Å²) < 4.78 is 16.3. The molecule has 39 heavy (non-hydrogen) atoms. The molecule has 1 aromatic heterocycles. The molecule has 4 saturated carbocycles. The fraction of sp³-hybridized carbons (Fsp3) is 0.806. The molecule has 1 saturated heterocycles. The third kappa shape index (κ3) is 4.36. The third-order valence-electron chi connectivity index (χ3n) is 12.2. The summed E-state index contributed by atoms with van der Waals surface area (Å²) in [5.74, 6) is 0.451. The first kappa shape index (κ1) is 27.3. The number of likely N-dealkylation sites (tertiary alicyclic amines) is 1. The molecular formula is C31H45NO7. The number of nitrogens with zero attached hydrogens (tertiary/aromatic N) is 1. The standard InChI is InChI=1S/C31H45NO7/c1-28-11-7-22(39-27(34)37-18-17-32-15-3-4-16-32)19-30(28,35)13-9-25-24(28)8-12-29(2)23(10-14-31(25,29)36)21-5-6-26(33)38-20-21/h5-6,20,22-25,35-36H,3-4,7-19H2,1-2H3/t22-,23+,24-,25+,28+,29+,30-,31-/m0/s1. The molecule has 0 spiro atoms. The van der Waals surface area contributed by atoms with Crippen molar-refractivity contribution in [3.63, 3.8) is 0 Å². The Hall–Kier alpha value is -1.90. The number of rotatable bonds is 5. The van der Waals surface area contributed by atoms with Gasteiger partial charge in [-0.1, -0.05) is 13.8 Å². The van der Waals surface area contributed by atoms with Gasteiger partial charge in [-0.2, -0.15) is 0 Å². The van der Waals surface area contributed by atoms with Gasteiger partial charge in [-0.3, -0.25) is 4.90 Å². The molecule has 1 aromatic rings. The molecule has 0 bridgehead atoms. The molecule has 8 nitrogen and oxygen atoms in total. The molecule has 5 fully saturated rings. The summed E-state index contributed by atoms with van der Waals surface area (Å²) in [5, 5.41) is 24.5. The van der Waals surface area contributed by atoms with Crippen LogP contribution in [0.3, 0.4) is 0 Å². The van der Waals surface area contributed by atoms with Crippen LogP contribution in [-0.2, 0) is 9.47 Å². The minimum absolute atomic E-state index is 0.107. The summed E-state index contributed by atoms with van der Waals surface area (Å²) >= 11 is 0. The van der Waals surface area contributed by atoms with Crippen LogP contribution < -0.4 is 5.63 Å². The largest absolute Gasteiger partial charge is 0.508 e. The Morgan fingerprint density at radius 3 is 2.49 bits per heavy atom. The lowest BCUT2D eigenvalue weighted by Crippen LogP contribution is -2.67. The molecule has 216 valence electrons. The van der Waals surface area contributed by atoms with Crippen LogP contribution in [0.4, 0.5) is 4.79 Å². The highest BCUT2D eigenvalue weighted by atomic mass is 16.7. The molecule has 8 heteroatoms. The molecular weight excluding hydrogens is 498 g/mol. The Bertz CT molecular complexity index is 1110. The SMILES string of the molecule is C[C@]12CC[C@H](OC(=O)OCCN3CCCC3)C[C@@]1(O)CC[C@@H]1[C@@H]2CC[C@]2(C)[C@@H](c3ccc(=O)oc3)CC[C@]12O. The molecule has 8 atom stereocenters. The number of aliphatic hydroxyl groups is 2. The van der Waals surface area contributed by atoms with Gasteiger partial charge >= 0.3 is 11.8 Å². The van der Waals surface area contributed by atoms with Crippen LogP contribution in [0.25, 0.3) is 0 Å². The molecule has 0 radical (unpaired) electrons. The highest BCUT2D eigenvalue weighted by molar-refractivity contribution is 5.60. The van der Waals surface area contributed by atoms with Gasteiger partial charge in [0.25, 0.3) is 0 Å². The minimum Gasteiger partial charge on any atom is -0.433 e. The summed E-state index contributed by atoms with van der Waals surface area (Å²) in [6.07, 6.45) is 9.64. The predicted molar refractivity (Wildman–Crippen MR) is 144 cm³/mol. The number of ether oxygens (including phenoxy) is 2. The zero-order chi connectivity index (χ0) is 27.5. The van der Waals surface area contributed by atoms with Crippen LogP contribution in [0, 0.1) is 22.7 Å². The number of carbonyl (C=O) groups is 1. The van der Waals surface area contributed by atoms with Gasteiger partial charge in [0.2, 0.25) is 0 Å². The normalized spacial score (nSPS) is 43.8. The maximum atomic E-state index is 12.4. The topological polar surface area (TPSA) is 109 Å². The maximum absolute atomic E-state index is 12.4. The van der Waals surface area contributed by atoms with Gasteiger partial charge in [0.05, 0.1) is 17.5 Å². The summed E-state index contributed by atoms with van der Waals surface area (Å²) in [5.41, 5.74) is -1.76. The van der Waals surface area contributed by atoms with E-state index in [9.17, 15) is 19.8 Å². The molecule has 2 heterocycles. The maximum Gasteiger partial charge on any atom is 0.508 e. The zero-order valence-corrected chi connectivity index (χ0v) is 23.5. The van der Waals surface area contributed by atoms with Crippen LogP contribution in [-0.4, -0.2) is 64.8 Å². The fourth-order valence-corrected chi connectivity index (χ4v) is 9.82. The molecule has 0 unspecified atom stereocenters. The number of hydrogen-bond donors (Lipinski definition) is 2. The molecule has 0 aromatic carbocycles. The number of fused-ring (bicyclic) bond motifs is 5. The summed E-state index contributed by atoms with van der Waals surface area (Å²) in [4.78, 5) is 26.3. The quantitative estimate of drug-likeness (QED) is 0.518. The van der Waals surface area contributed by atoms with Gasteiger partial charge in [0.1, 0.15) is 12.7 Å². The van der Waals surface area contributed by atoms with Crippen molar-refractivity contribution in [2.75, 3.05) is 26.2 Å². The van der Waals surface area contributed by atoms with E-state index in [1.807, 2.05) is 6.07 Å². The Balaban J connectivity index is 1.12. The lowest BCUT2D eigenvalue weighted by Gasteiger charge is -2.66. The van der Waals surface area contributed by atoms with Gasteiger partial charge in [-0.25, -0.2) is 9.59 Å². The average Bonchev–Trinajstić information content (AvgIpc) is 3.51. The lowest BCUT2D eigenvalue weighted by molar-refractivity contribution is -0.254. The second-order valence-corrected chi connectivity index (χ2v) is 13.7. The van der Waals surface area contributed by atoms with Crippen molar-refractivity contribution in [3.05, 3.63) is 34.4 Å². The molecule has 1 aliphatic heterocycles. The van der Waals surface area contributed by atoms with Crippen LogP contribution >= 0.6 is 0 Å². The molecule has 2 N–H and O–H groups in total. The second kappa shape index (κ2) is 9.88. The van der Waals surface area contributed by atoms with Crippen LogP contribution in [0.5, 0.6) is 0 Å².